The van der Waals surface area contributed by atoms with Crippen LogP contribution in [0, 0.1) is 0 Å². The van der Waals surface area contributed by atoms with Crippen LogP contribution in [0.15, 0.2) is 4.52 Å². The summed E-state index contributed by atoms with van der Waals surface area (Å²) in [6, 6.07) is 0.264. The fraction of sp³-hybridized carbons (Fsp3) is 0.818. The van der Waals surface area contributed by atoms with Crippen LogP contribution in [0.1, 0.15) is 45.8 Å². The second-order valence-electron chi connectivity index (χ2n) is 5.08. The Morgan fingerprint density at radius 2 is 2.12 bits per heavy atom. The lowest BCUT2D eigenvalue weighted by molar-refractivity contribution is 0.373. The molecule has 0 aliphatic carbocycles. The standard InChI is InChI=1S/C11H21N3OS/c1-8(12)5-6-16-7-9-13-10(14-15-9)11(2,3)4/h8H,5-7,12H2,1-4H3. The number of rotatable bonds is 5. The molecule has 92 valence electrons. The van der Waals surface area contributed by atoms with Gasteiger partial charge in [-0.15, -0.1) is 0 Å². The highest BCUT2D eigenvalue weighted by Crippen LogP contribution is 2.20. The van der Waals surface area contributed by atoms with Crippen LogP contribution in [0.5, 0.6) is 0 Å². The van der Waals surface area contributed by atoms with Gasteiger partial charge in [-0.3, -0.25) is 0 Å². The van der Waals surface area contributed by atoms with Crippen LogP contribution in [0.25, 0.3) is 0 Å². The minimum Gasteiger partial charge on any atom is -0.338 e. The van der Waals surface area contributed by atoms with E-state index in [1.165, 1.54) is 0 Å². The van der Waals surface area contributed by atoms with Crippen LogP contribution in [0.2, 0.25) is 0 Å². The number of hydrogen-bond acceptors (Lipinski definition) is 5. The molecule has 0 fully saturated rings. The Kier molecular flexibility index (Phi) is 4.80. The third-order valence-corrected chi connectivity index (χ3v) is 3.06. The van der Waals surface area contributed by atoms with Crippen LogP contribution >= 0.6 is 11.8 Å². The monoisotopic (exact) mass is 243 g/mol. The van der Waals surface area contributed by atoms with E-state index in [-0.39, 0.29) is 11.5 Å². The second-order valence-corrected chi connectivity index (χ2v) is 6.19. The molecule has 0 aliphatic rings. The Bertz CT molecular complexity index is 317. The van der Waals surface area contributed by atoms with E-state index in [1.807, 2.05) is 6.92 Å². The molecule has 0 radical (unpaired) electrons. The van der Waals surface area contributed by atoms with Gasteiger partial charge in [0, 0.05) is 11.5 Å². The Morgan fingerprint density at radius 3 is 2.62 bits per heavy atom. The van der Waals surface area contributed by atoms with E-state index in [2.05, 4.69) is 30.9 Å². The first-order chi connectivity index (χ1) is 7.39. The Hall–Kier alpha value is -0.550. The third kappa shape index (κ3) is 4.53. The molecule has 0 aromatic carbocycles. The van der Waals surface area contributed by atoms with Gasteiger partial charge >= 0.3 is 0 Å². The lowest BCUT2D eigenvalue weighted by Gasteiger charge is -2.10. The summed E-state index contributed by atoms with van der Waals surface area (Å²) in [4.78, 5) is 4.37. The Labute approximate surface area is 101 Å². The molecule has 0 saturated heterocycles. The molecule has 1 aromatic rings. The van der Waals surface area contributed by atoms with E-state index in [0.29, 0.717) is 5.89 Å². The van der Waals surface area contributed by atoms with Crippen molar-refractivity contribution in [3.63, 3.8) is 0 Å². The van der Waals surface area contributed by atoms with Crippen molar-refractivity contribution in [1.29, 1.82) is 0 Å². The number of hydrogen-bond donors (Lipinski definition) is 1. The van der Waals surface area contributed by atoms with Gasteiger partial charge in [-0.05, 0) is 19.1 Å². The molecular weight excluding hydrogens is 222 g/mol. The number of nitrogens with zero attached hydrogens (tertiary/aromatic N) is 2. The van der Waals surface area contributed by atoms with Gasteiger partial charge in [0.15, 0.2) is 5.82 Å². The van der Waals surface area contributed by atoms with Crippen LogP contribution < -0.4 is 5.73 Å². The minimum atomic E-state index is -0.0435. The van der Waals surface area contributed by atoms with Crippen molar-refractivity contribution in [3.05, 3.63) is 11.7 Å². The van der Waals surface area contributed by atoms with Gasteiger partial charge in [-0.25, -0.2) is 0 Å². The topological polar surface area (TPSA) is 64.9 Å². The van der Waals surface area contributed by atoms with Gasteiger partial charge < -0.3 is 10.3 Å². The highest BCUT2D eigenvalue weighted by atomic mass is 32.2. The lowest BCUT2D eigenvalue weighted by Crippen LogP contribution is -2.15. The first-order valence-electron chi connectivity index (χ1n) is 5.56. The predicted molar refractivity (Wildman–Crippen MR) is 67.4 cm³/mol. The molecule has 1 aromatic heterocycles. The average Bonchev–Trinajstić information content (AvgIpc) is 2.59. The molecule has 0 aliphatic heterocycles. The molecule has 1 unspecified atom stereocenters. The Balaban J connectivity index is 2.36. The zero-order valence-corrected chi connectivity index (χ0v) is 11.3. The predicted octanol–water partition coefficient (Wildman–Crippen LogP) is 2.34. The molecular formula is C11H21N3OS. The van der Waals surface area contributed by atoms with Crippen molar-refractivity contribution in [1.82, 2.24) is 10.1 Å². The molecule has 4 nitrogen and oxygen atoms in total. The maximum atomic E-state index is 5.67. The lowest BCUT2D eigenvalue weighted by atomic mass is 9.96. The van der Waals surface area contributed by atoms with E-state index in [4.69, 9.17) is 10.3 Å². The molecule has 1 heterocycles. The average molecular weight is 243 g/mol. The SMILES string of the molecule is CC(N)CCSCc1nc(C(C)(C)C)no1. The fourth-order valence-electron chi connectivity index (χ4n) is 1.05. The van der Waals surface area contributed by atoms with Gasteiger partial charge in [0.25, 0.3) is 0 Å². The van der Waals surface area contributed by atoms with E-state index < -0.39 is 0 Å². The van der Waals surface area contributed by atoms with E-state index in [9.17, 15) is 0 Å². The summed E-state index contributed by atoms with van der Waals surface area (Å²) in [5.41, 5.74) is 5.62. The van der Waals surface area contributed by atoms with Crippen LogP contribution in [0.3, 0.4) is 0 Å². The smallest absolute Gasteiger partial charge is 0.236 e. The van der Waals surface area contributed by atoms with Crippen molar-refractivity contribution in [2.75, 3.05) is 5.75 Å². The van der Waals surface area contributed by atoms with Crippen molar-refractivity contribution < 1.29 is 4.52 Å². The molecule has 16 heavy (non-hydrogen) atoms. The fourth-order valence-corrected chi connectivity index (χ4v) is 2.02. The van der Waals surface area contributed by atoms with E-state index in [0.717, 1.165) is 23.8 Å². The molecule has 5 heteroatoms. The van der Waals surface area contributed by atoms with Gasteiger partial charge in [0.05, 0.1) is 5.75 Å². The summed E-state index contributed by atoms with van der Waals surface area (Å²) in [6.45, 7) is 8.24. The number of nitrogens with two attached hydrogens (primary N) is 1. The van der Waals surface area contributed by atoms with Gasteiger partial charge in [-0.1, -0.05) is 25.9 Å². The first-order valence-corrected chi connectivity index (χ1v) is 6.71. The zero-order chi connectivity index (χ0) is 12.2. The summed E-state index contributed by atoms with van der Waals surface area (Å²) in [6.07, 6.45) is 1.02. The quantitative estimate of drug-likeness (QED) is 0.804. The minimum absolute atomic E-state index is 0.0435. The summed E-state index contributed by atoms with van der Waals surface area (Å²) >= 11 is 1.78. The van der Waals surface area contributed by atoms with Crippen molar-refractivity contribution in [3.8, 4) is 0 Å². The molecule has 0 spiro atoms. The van der Waals surface area contributed by atoms with E-state index >= 15 is 0 Å². The molecule has 0 saturated carbocycles. The summed E-state index contributed by atoms with van der Waals surface area (Å²) in [7, 11) is 0. The van der Waals surface area contributed by atoms with Crippen molar-refractivity contribution >= 4 is 11.8 Å². The highest BCUT2D eigenvalue weighted by Gasteiger charge is 2.20. The highest BCUT2D eigenvalue weighted by molar-refractivity contribution is 7.98. The number of thioether (sulfide) groups is 1. The largest absolute Gasteiger partial charge is 0.338 e. The number of aromatic nitrogens is 2. The normalized spacial score (nSPS) is 14.1. The molecule has 1 rings (SSSR count). The Morgan fingerprint density at radius 1 is 1.44 bits per heavy atom. The van der Waals surface area contributed by atoms with Crippen molar-refractivity contribution in [2.24, 2.45) is 5.73 Å². The van der Waals surface area contributed by atoms with Gasteiger partial charge in [0.2, 0.25) is 5.89 Å². The molecule has 2 N–H and O–H groups in total. The van der Waals surface area contributed by atoms with Crippen LogP contribution in [0.4, 0.5) is 0 Å². The van der Waals surface area contributed by atoms with Crippen LogP contribution in [-0.2, 0) is 11.2 Å². The van der Waals surface area contributed by atoms with Crippen molar-refractivity contribution in [2.45, 2.75) is 51.3 Å². The third-order valence-electron chi connectivity index (χ3n) is 2.08. The molecule has 1 atom stereocenters. The maximum absolute atomic E-state index is 5.67. The maximum Gasteiger partial charge on any atom is 0.236 e. The van der Waals surface area contributed by atoms with Gasteiger partial charge in [0.1, 0.15) is 0 Å². The second kappa shape index (κ2) is 5.68. The van der Waals surface area contributed by atoms with Crippen LogP contribution in [-0.4, -0.2) is 21.9 Å². The summed E-state index contributed by atoms with van der Waals surface area (Å²) in [5, 5.41) is 3.98. The van der Waals surface area contributed by atoms with E-state index in [1.54, 1.807) is 11.8 Å². The molecule has 0 amide bonds. The summed E-state index contributed by atoms with van der Waals surface area (Å²) < 4.78 is 5.19. The molecule has 0 bridgehead atoms. The van der Waals surface area contributed by atoms with Gasteiger partial charge in [-0.2, -0.15) is 16.7 Å². The summed E-state index contributed by atoms with van der Waals surface area (Å²) in [5.74, 6) is 3.29. The first kappa shape index (κ1) is 13.5. The zero-order valence-electron chi connectivity index (χ0n) is 10.5.